The first-order chi connectivity index (χ1) is 30.5. The fourth-order valence-electron chi connectivity index (χ4n) is 7.87. The molecule has 1 amide bonds. The zero-order chi connectivity index (χ0) is 46.1. The lowest BCUT2D eigenvalue weighted by Crippen LogP contribution is -2.51. The van der Waals surface area contributed by atoms with Gasteiger partial charge in [0.15, 0.2) is 23.8 Å². The Bertz CT molecular complexity index is 2460. The van der Waals surface area contributed by atoms with E-state index in [1.165, 1.54) is 30.5 Å². The maximum Gasteiger partial charge on any atom is 0.416 e. The Morgan fingerprint density at radius 1 is 0.812 bits per heavy atom. The summed E-state index contributed by atoms with van der Waals surface area (Å²) < 4.78 is 75.2. The van der Waals surface area contributed by atoms with Gasteiger partial charge in [0.2, 0.25) is 5.91 Å². The molecule has 2 aliphatic heterocycles. The van der Waals surface area contributed by atoms with Gasteiger partial charge in [-0.1, -0.05) is 48.5 Å². The average molecular weight is 896 g/mol. The lowest BCUT2D eigenvalue weighted by Gasteiger charge is -2.42. The minimum atomic E-state index is -4.42. The minimum Gasteiger partial charge on any atom is -0.479 e. The molecule has 2 saturated heterocycles. The number of aliphatic carboxylic acids is 2. The van der Waals surface area contributed by atoms with Crippen LogP contribution < -0.4 is 5.56 Å². The number of aliphatic hydroxyl groups excluding tert-OH is 2. The molecule has 2 aliphatic rings. The second-order valence-corrected chi connectivity index (χ2v) is 15.5. The summed E-state index contributed by atoms with van der Waals surface area (Å²) in [5.74, 6) is -5.46. The van der Waals surface area contributed by atoms with Crippen LogP contribution in [0.2, 0.25) is 0 Å². The standard InChI is InChI=1S/C41H40F5N5O3.C4H6O6/c42-35-5-1-3-30(38(35)43)12-15-36-48-40(53)34-4-2-20-47-39(34)51(36)26-37(52)50(33-16-21-49(22-17-33)32-18-23-54-24-19-32)25-27-6-8-28(9-7-27)29-10-13-31(14-11-29)41(44,45)46;5-1(3(7)8)2(6)4(9)10/h1-11,13-14,20,32-33H,12,15-19,21-26H2;1-2,5-6H,(H,7,8)(H,9,10). The van der Waals surface area contributed by atoms with Crippen LogP contribution in [0, 0.1) is 11.6 Å². The number of hydrogen-bond acceptors (Lipinski definition) is 10. The molecule has 0 spiro atoms. The van der Waals surface area contributed by atoms with Crippen molar-refractivity contribution in [2.45, 2.75) is 82.1 Å². The lowest BCUT2D eigenvalue weighted by atomic mass is 9.97. The third kappa shape index (κ3) is 11.7. The molecule has 14 nitrogen and oxygen atoms in total. The number of carboxylic acids is 2. The molecule has 3 aromatic carbocycles. The van der Waals surface area contributed by atoms with Gasteiger partial charge in [0, 0.05) is 57.5 Å². The smallest absolute Gasteiger partial charge is 0.416 e. The molecule has 7 rings (SSSR count). The first-order valence-electron chi connectivity index (χ1n) is 20.5. The van der Waals surface area contributed by atoms with E-state index in [0.717, 1.165) is 81.3 Å². The SMILES string of the molecule is O=C(Cn1c(CCc2cccc(F)c2F)nc(=O)c2cccnc21)N(Cc1ccc(-c2ccc(C(F)(F)F)cc2)cc1)C1CCN(C2CCOCC2)CC1.O=C(O)C(O)C(O)C(=O)O. The average Bonchev–Trinajstić information content (AvgIpc) is 3.29. The van der Waals surface area contributed by atoms with Gasteiger partial charge in [0.05, 0.1) is 10.9 Å². The van der Waals surface area contributed by atoms with Crippen molar-refractivity contribution >= 4 is 28.9 Å². The summed E-state index contributed by atoms with van der Waals surface area (Å²) in [6.07, 6.45) is -3.88. The molecule has 64 heavy (non-hydrogen) atoms. The summed E-state index contributed by atoms with van der Waals surface area (Å²) in [5, 5.41) is 32.8. The third-order valence-corrected chi connectivity index (χ3v) is 11.4. The number of aliphatic hydroxyl groups is 2. The predicted molar refractivity (Wildman–Crippen MR) is 221 cm³/mol. The van der Waals surface area contributed by atoms with Crippen LogP contribution in [0.15, 0.2) is 89.9 Å². The topological polar surface area (TPSA) is 196 Å². The number of alkyl halides is 3. The summed E-state index contributed by atoms with van der Waals surface area (Å²) in [7, 11) is 0. The first-order valence-corrected chi connectivity index (χ1v) is 20.5. The van der Waals surface area contributed by atoms with Gasteiger partial charge in [0.1, 0.15) is 18.0 Å². The number of aryl methyl sites for hydroxylation is 2. The number of carboxylic acid groups (broad SMARTS) is 2. The van der Waals surface area contributed by atoms with Gasteiger partial charge in [-0.05, 0) is 84.7 Å². The minimum absolute atomic E-state index is 0.0439. The van der Waals surface area contributed by atoms with Gasteiger partial charge in [-0.15, -0.1) is 0 Å². The zero-order valence-electron chi connectivity index (χ0n) is 34.3. The number of rotatable bonds is 13. The molecule has 4 heterocycles. The quantitative estimate of drug-likeness (QED) is 0.115. The second-order valence-electron chi connectivity index (χ2n) is 15.5. The summed E-state index contributed by atoms with van der Waals surface area (Å²) >= 11 is 0. The Kier molecular flexibility index (Phi) is 15.5. The van der Waals surface area contributed by atoms with Gasteiger partial charge in [0.25, 0.3) is 5.56 Å². The highest BCUT2D eigenvalue weighted by atomic mass is 19.4. The van der Waals surface area contributed by atoms with Crippen LogP contribution >= 0.6 is 0 Å². The normalized spacial score (nSPS) is 16.1. The van der Waals surface area contributed by atoms with Crippen molar-refractivity contribution < 1.29 is 61.5 Å². The highest BCUT2D eigenvalue weighted by Crippen LogP contribution is 2.32. The molecule has 2 fully saturated rings. The highest BCUT2D eigenvalue weighted by molar-refractivity contribution is 5.83. The van der Waals surface area contributed by atoms with Crippen LogP contribution in [0.4, 0.5) is 22.0 Å². The Hall–Kier alpha value is -6.15. The molecule has 0 saturated carbocycles. The predicted octanol–water partition coefficient (Wildman–Crippen LogP) is 5.09. The van der Waals surface area contributed by atoms with Crippen LogP contribution in [0.1, 0.15) is 48.2 Å². The number of halogens is 5. The summed E-state index contributed by atoms with van der Waals surface area (Å²) in [4.78, 5) is 60.3. The van der Waals surface area contributed by atoms with Crippen LogP contribution in [0.25, 0.3) is 22.2 Å². The number of pyridine rings is 1. The van der Waals surface area contributed by atoms with Crippen molar-refractivity contribution in [3.8, 4) is 11.1 Å². The van der Waals surface area contributed by atoms with E-state index in [-0.39, 0.29) is 60.3 Å². The fraction of sp³-hybridized carbons (Fsp3) is 0.378. The zero-order valence-corrected chi connectivity index (χ0v) is 34.3. The summed E-state index contributed by atoms with van der Waals surface area (Å²) in [6, 6.07) is 19.9. The van der Waals surface area contributed by atoms with Crippen LogP contribution in [0.3, 0.4) is 0 Å². The van der Waals surface area contributed by atoms with Crippen LogP contribution in [-0.4, -0.2) is 113 Å². The molecule has 2 aromatic heterocycles. The van der Waals surface area contributed by atoms with E-state index in [2.05, 4.69) is 14.9 Å². The Morgan fingerprint density at radius 2 is 1.42 bits per heavy atom. The summed E-state index contributed by atoms with van der Waals surface area (Å²) in [6.45, 7) is 3.20. The van der Waals surface area contributed by atoms with Crippen molar-refractivity contribution in [2.75, 3.05) is 26.3 Å². The van der Waals surface area contributed by atoms with Gasteiger partial charge >= 0.3 is 18.1 Å². The second kappa shape index (κ2) is 21.0. The number of piperidine rings is 1. The van der Waals surface area contributed by atoms with E-state index in [4.69, 9.17) is 25.2 Å². The number of carbonyl (C=O) groups is 3. The number of hydrogen-bond donors (Lipinski definition) is 4. The third-order valence-electron chi connectivity index (χ3n) is 11.4. The van der Waals surface area contributed by atoms with Crippen molar-refractivity contribution in [3.05, 3.63) is 130 Å². The number of fused-ring (bicyclic) bond motifs is 1. The van der Waals surface area contributed by atoms with E-state index in [1.807, 2.05) is 29.2 Å². The Labute approximate surface area is 363 Å². The van der Waals surface area contributed by atoms with Crippen molar-refractivity contribution in [1.82, 2.24) is 24.3 Å². The van der Waals surface area contributed by atoms with Crippen molar-refractivity contribution in [3.63, 3.8) is 0 Å². The first kappa shape index (κ1) is 47.3. The van der Waals surface area contributed by atoms with Crippen molar-refractivity contribution in [1.29, 1.82) is 0 Å². The van der Waals surface area contributed by atoms with E-state index in [1.54, 1.807) is 16.7 Å². The van der Waals surface area contributed by atoms with E-state index < -0.39 is 53.1 Å². The molecular formula is C45H46F5N5O9. The highest BCUT2D eigenvalue weighted by Gasteiger charge is 2.33. The molecule has 4 N–H and O–H groups in total. The maximum absolute atomic E-state index is 14.6. The van der Waals surface area contributed by atoms with Gasteiger partial charge < -0.3 is 39.5 Å². The molecule has 2 unspecified atom stereocenters. The van der Waals surface area contributed by atoms with Crippen LogP contribution in [0.5, 0.6) is 0 Å². The summed E-state index contributed by atoms with van der Waals surface area (Å²) in [5.41, 5.74) is 1.38. The number of aromatic nitrogens is 3. The molecule has 0 bridgehead atoms. The lowest BCUT2D eigenvalue weighted by molar-refractivity contribution is -0.165. The maximum atomic E-state index is 14.6. The number of benzene rings is 3. The number of carbonyl (C=O) groups excluding carboxylic acids is 1. The van der Waals surface area contributed by atoms with E-state index in [9.17, 15) is 41.1 Å². The molecule has 19 heteroatoms. The molecule has 2 atom stereocenters. The molecule has 5 aromatic rings. The fourth-order valence-corrected chi connectivity index (χ4v) is 7.87. The monoisotopic (exact) mass is 895 g/mol. The van der Waals surface area contributed by atoms with E-state index >= 15 is 0 Å². The van der Waals surface area contributed by atoms with Gasteiger partial charge in [-0.3, -0.25) is 9.59 Å². The van der Waals surface area contributed by atoms with Crippen LogP contribution in [-0.2, 0) is 51.2 Å². The van der Waals surface area contributed by atoms with E-state index in [0.29, 0.717) is 11.6 Å². The number of likely N-dealkylation sites (tertiary alicyclic amines) is 1. The molecule has 340 valence electrons. The van der Waals surface area contributed by atoms with Gasteiger partial charge in [-0.2, -0.15) is 18.2 Å². The van der Waals surface area contributed by atoms with Gasteiger partial charge in [-0.25, -0.2) is 23.4 Å². The number of amides is 1. The Morgan fingerprint density at radius 3 is 2.02 bits per heavy atom. The molecule has 0 aliphatic carbocycles. The molecular weight excluding hydrogens is 850 g/mol. The number of nitrogens with zero attached hydrogens (tertiary/aromatic N) is 5. The Balaban J connectivity index is 0.000000608. The van der Waals surface area contributed by atoms with Crippen molar-refractivity contribution in [2.24, 2.45) is 0 Å². The number of ether oxygens (including phenoxy) is 1. The molecule has 0 radical (unpaired) electrons. The largest absolute Gasteiger partial charge is 0.479 e.